The second-order valence-corrected chi connectivity index (χ2v) is 18.8. The summed E-state index contributed by atoms with van der Waals surface area (Å²) < 4.78 is 18.0. The van der Waals surface area contributed by atoms with Gasteiger partial charge in [-0.25, -0.2) is 0 Å². The van der Waals surface area contributed by atoms with Crippen molar-refractivity contribution < 1.29 is 8.83 Å². The van der Waals surface area contributed by atoms with E-state index in [0.29, 0.717) is 0 Å². The van der Waals surface area contributed by atoms with Crippen LogP contribution in [0.3, 0.4) is 0 Å². The highest BCUT2D eigenvalue weighted by Gasteiger charge is 2.37. The molecule has 0 N–H and O–H groups in total. The third-order valence-corrected chi connectivity index (χ3v) is 14.9. The molecule has 314 valence electrons. The number of para-hydroxylation sites is 4. The molecule has 0 saturated heterocycles. The maximum atomic E-state index is 6.98. The van der Waals surface area contributed by atoms with Crippen LogP contribution in [0.25, 0.3) is 132 Å². The Morgan fingerprint density at radius 2 is 0.910 bits per heavy atom. The van der Waals surface area contributed by atoms with Crippen molar-refractivity contribution in [1.82, 2.24) is 9.13 Å². The summed E-state index contributed by atoms with van der Waals surface area (Å²) in [4.78, 5) is 0. The minimum absolute atomic E-state index is 0.0862. The van der Waals surface area contributed by atoms with Gasteiger partial charge in [0.1, 0.15) is 22.3 Å². The third-order valence-electron chi connectivity index (χ3n) is 14.9. The molecule has 10 aromatic carbocycles. The molecule has 67 heavy (non-hydrogen) atoms. The molecule has 0 radical (unpaired) electrons. The number of fused-ring (bicyclic) bond motifs is 16. The minimum Gasteiger partial charge on any atom is -0.456 e. The van der Waals surface area contributed by atoms with E-state index in [0.717, 1.165) is 66.4 Å². The van der Waals surface area contributed by atoms with E-state index >= 15 is 0 Å². The Balaban J connectivity index is 0.840. The molecule has 4 heteroatoms. The first-order chi connectivity index (χ1) is 33.0. The lowest BCUT2D eigenvalue weighted by Crippen LogP contribution is -2.14. The van der Waals surface area contributed by atoms with Crippen LogP contribution >= 0.6 is 0 Å². The van der Waals surface area contributed by atoms with Crippen LogP contribution in [0.15, 0.2) is 215 Å². The van der Waals surface area contributed by atoms with E-state index in [1.165, 1.54) is 77.0 Å². The Bertz CT molecular complexity index is 4420. The standard InChI is InChI=1S/C63H40N2O2/c1-63(2)52-18-7-3-15-49(52)60-53(63)31-30-48-47-17-11-16-42(61(47)67-62(48)60)37-22-26-40(27-23-37)64-55-20-9-5-13-44(55)50-34-38(25-32-56(50)64)39-24-29-45-43-12-4-8-19-54(43)65(57(45)35-39)41-28-33-59-51(36-41)46-14-6-10-21-58(46)66-59/h3-36H,1-2H3. The summed E-state index contributed by atoms with van der Waals surface area (Å²) in [6.07, 6.45) is 0. The van der Waals surface area contributed by atoms with Gasteiger partial charge in [-0.05, 0) is 100 Å². The molecule has 0 spiro atoms. The van der Waals surface area contributed by atoms with E-state index in [9.17, 15) is 0 Å². The van der Waals surface area contributed by atoms with Crippen LogP contribution in [0.4, 0.5) is 0 Å². The normalized spacial score (nSPS) is 13.3. The van der Waals surface area contributed by atoms with E-state index < -0.39 is 0 Å². The first-order valence-electron chi connectivity index (χ1n) is 23.2. The molecule has 0 saturated carbocycles. The zero-order valence-electron chi connectivity index (χ0n) is 36.8. The monoisotopic (exact) mass is 856 g/mol. The molecule has 1 aliphatic carbocycles. The number of benzene rings is 10. The summed E-state index contributed by atoms with van der Waals surface area (Å²) in [5.41, 5.74) is 20.3. The maximum absolute atomic E-state index is 6.98. The summed E-state index contributed by atoms with van der Waals surface area (Å²) >= 11 is 0. The van der Waals surface area contributed by atoms with Crippen LogP contribution in [-0.4, -0.2) is 9.13 Å². The maximum Gasteiger partial charge on any atom is 0.143 e. The number of furan rings is 2. The molecule has 0 unspecified atom stereocenters. The summed E-state index contributed by atoms with van der Waals surface area (Å²) in [5, 5.41) is 9.46. The van der Waals surface area contributed by atoms with Crippen molar-refractivity contribution >= 4 is 87.5 Å². The van der Waals surface area contributed by atoms with E-state index in [4.69, 9.17) is 8.83 Å². The second kappa shape index (κ2) is 13.2. The SMILES string of the molecule is CC1(C)c2ccccc2-c2c1ccc1c2oc2c(-c3ccc(-n4c5ccccc5c5cc(-c6ccc7c8ccccc8n(-c8ccc9oc%10ccccc%10c9c8)c7c6)ccc54)cc3)cccc21. The average molecular weight is 857 g/mol. The van der Waals surface area contributed by atoms with Gasteiger partial charge < -0.3 is 18.0 Å². The predicted molar refractivity (Wildman–Crippen MR) is 278 cm³/mol. The van der Waals surface area contributed by atoms with Gasteiger partial charge >= 0.3 is 0 Å². The van der Waals surface area contributed by atoms with E-state index in [1.54, 1.807) is 0 Å². The molecule has 0 atom stereocenters. The molecule has 0 bridgehead atoms. The highest BCUT2D eigenvalue weighted by molar-refractivity contribution is 6.16. The van der Waals surface area contributed by atoms with Crippen molar-refractivity contribution in [2.24, 2.45) is 0 Å². The van der Waals surface area contributed by atoms with E-state index in [2.05, 4.69) is 217 Å². The highest BCUT2D eigenvalue weighted by Crippen LogP contribution is 2.53. The molecular formula is C63H40N2O2. The Kier molecular flexibility index (Phi) is 7.26. The molecule has 0 amide bonds. The first-order valence-corrected chi connectivity index (χ1v) is 23.2. The van der Waals surface area contributed by atoms with Crippen LogP contribution < -0.4 is 0 Å². The van der Waals surface area contributed by atoms with Crippen molar-refractivity contribution in [3.63, 3.8) is 0 Å². The first kappa shape index (κ1) is 36.7. The van der Waals surface area contributed by atoms with Gasteiger partial charge in [-0.3, -0.25) is 0 Å². The number of rotatable bonds is 4. The predicted octanol–water partition coefficient (Wildman–Crippen LogP) is 17.3. The van der Waals surface area contributed by atoms with Gasteiger partial charge in [0.15, 0.2) is 0 Å². The summed E-state index contributed by atoms with van der Waals surface area (Å²) in [7, 11) is 0. The Morgan fingerprint density at radius 1 is 0.328 bits per heavy atom. The van der Waals surface area contributed by atoms with Gasteiger partial charge in [-0.15, -0.1) is 0 Å². The number of hydrogen-bond acceptors (Lipinski definition) is 2. The topological polar surface area (TPSA) is 36.1 Å². The molecule has 15 rings (SSSR count). The molecular weight excluding hydrogens is 817 g/mol. The zero-order valence-corrected chi connectivity index (χ0v) is 36.8. The molecule has 0 aliphatic heterocycles. The van der Waals surface area contributed by atoms with Crippen LogP contribution in [0.5, 0.6) is 0 Å². The van der Waals surface area contributed by atoms with Crippen molar-refractivity contribution in [3.05, 3.63) is 217 Å². The minimum atomic E-state index is -0.0862. The average Bonchev–Trinajstić information content (AvgIpc) is 4.17. The van der Waals surface area contributed by atoms with Crippen LogP contribution in [0.1, 0.15) is 25.0 Å². The third kappa shape index (κ3) is 5.02. The number of aromatic nitrogens is 2. The molecule has 0 fully saturated rings. The van der Waals surface area contributed by atoms with Gasteiger partial charge in [-0.1, -0.05) is 153 Å². The second-order valence-electron chi connectivity index (χ2n) is 18.8. The van der Waals surface area contributed by atoms with Gasteiger partial charge in [0, 0.05) is 71.0 Å². The smallest absolute Gasteiger partial charge is 0.143 e. The van der Waals surface area contributed by atoms with Crippen molar-refractivity contribution in [3.8, 4) is 44.8 Å². The molecule has 4 nitrogen and oxygen atoms in total. The van der Waals surface area contributed by atoms with Gasteiger partial charge in [-0.2, -0.15) is 0 Å². The summed E-state index contributed by atoms with van der Waals surface area (Å²) in [6, 6.07) is 75.2. The van der Waals surface area contributed by atoms with Gasteiger partial charge in [0.25, 0.3) is 0 Å². The van der Waals surface area contributed by atoms with Crippen LogP contribution in [-0.2, 0) is 5.41 Å². The summed E-state index contributed by atoms with van der Waals surface area (Å²) in [6.45, 7) is 4.64. The molecule has 14 aromatic rings. The zero-order chi connectivity index (χ0) is 44.1. The fraction of sp³-hybridized carbons (Fsp3) is 0.0476. The molecule has 4 heterocycles. The summed E-state index contributed by atoms with van der Waals surface area (Å²) in [5.74, 6) is 0. The lowest BCUT2D eigenvalue weighted by atomic mass is 9.82. The Labute approximate surface area is 385 Å². The van der Waals surface area contributed by atoms with E-state index in [1.807, 2.05) is 12.1 Å². The van der Waals surface area contributed by atoms with Crippen molar-refractivity contribution in [2.75, 3.05) is 0 Å². The highest BCUT2D eigenvalue weighted by atomic mass is 16.3. The molecule has 1 aliphatic rings. The van der Waals surface area contributed by atoms with Crippen molar-refractivity contribution in [1.29, 1.82) is 0 Å². The lowest BCUT2D eigenvalue weighted by Gasteiger charge is -2.21. The fourth-order valence-corrected chi connectivity index (χ4v) is 11.8. The lowest BCUT2D eigenvalue weighted by molar-refractivity contribution is 0.653. The van der Waals surface area contributed by atoms with Crippen molar-refractivity contribution in [2.45, 2.75) is 19.3 Å². The molecule has 4 aromatic heterocycles. The quantitative estimate of drug-likeness (QED) is 0.177. The van der Waals surface area contributed by atoms with E-state index in [-0.39, 0.29) is 5.41 Å². The number of hydrogen-bond donors (Lipinski definition) is 0. The largest absolute Gasteiger partial charge is 0.456 e. The van der Waals surface area contributed by atoms with Crippen LogP contribution in [0.2, 0.25) is 0 Å². The Hall–Kier alpha value is -8.60. The van der Waals surface area contributed by atoms with Crippen LogP contribution in [0, 0.1) is 0 Å². The fourth-order valence-electron chi connectivity index (χ4n) is 11.8. The Morgan fingerprint density at radius 3 is 1.76 bits per heavy atom. The van der Waals surface area contributed by atoms with Gasteiger partial charge in [0.05, 0.1) is 22.1 Å². The number of nitrogens with zero attached hydrogens (tertiary/aromatic N) is 2. The van der Waals surface area contributed by atoms with Gasteiger partial charge in [0.2, 0.25) is 0 Å².